The third-order valence-electron chi connectivity index (χ3n) is 2.61. The van der Waals surface area contributed by atoms with Crippen molar-refractivity contribution in [2.75, 3.05) is 5.32 Å². The minimum Gasteiger partial charge on any atom is -0.318 e. The predicted molar refractivity (Wildman–Crippen MR) is 55.9 cm³/mol. The van der Waals surface area contributed by atoms with Gasteiger partial charge < -0.3 is 5.32 Å². The zero-order valence-electron chi connectivity index (χ0n) is 10.8. The summed E-state index contributed by atoms with van der Waals surface area (Å²) in [6, 6.07) is 0.647. The van der Waals surface area contributed by atoms with Crippen LogP contribution in [0, 0.1) is 11.6 Å². The van der Waals surface area contributed by atoms with Crippen LogP contribution < -0.4 is 5.32 Å². The van der Waals surface area contributed by atoms with E-state index in [0.717, 1.165) is 0 Å². The van der Waals surface area contributed by atoms with E-state index in [2.05, 4.69) is 0 Å². The van der Waals surface area contributed by atoms with Crippen LogP contribution in [-0.4, -0.2) is 29.9 Å². The molecule has 136 valence electrons. The van der Waals surface area contributed by atoms with Crippen LogP contribution in [0.25, 0.3) is 0 Å². The summed E-state index contributed by atoms with van der Waals surface area (Å²) in [4.78, 5) is 11.0. The number of anilines is 1. The lowest BCUT2D eigenvalue weighted by Gasteiger charge is -2.32. The van der Waals surface area contributed by atoms with Crippen molar-refractivity contribution >= 4 is 11.6 Å². The summed E-state index contributed by atoms with van der Waals surface area (Å²) in [5.74, 6) is -27.4. The number of nitrogens with one attached hydrogen (secondary N) is 1. The number of benzene rings is 1. The third kappa shape index (κ3) is 3.11. The van der Waals surface area contributed by atoms with Crippen LogP contribution in [0.15, 0.2) is 18.2 Å². The molecule has 1 N–H and O–H groups in total. The fourth-order valence-electron chi connectivity index (χ4n) is 1.31. The monoisotopic (exact) mass is 375 g/mol. The number of carbonyl (C=O) groups excluding carboxylic acids is 1. The van der Waals surface area contributed by atoms with Gasteiger partial charge in [-0.1, -0.05) is 0 Å². The summed E-state index contributed by atoms with van der Waals surface area (Å²) < 4.78 is 139. The van der Waals surface area contributed by atoms with Gasteiger partial charge in [0.25, 0.3) is 0 Å². The normalized spacial score (nSPS) is 13.8. The van der Waals surface area contributed by atoms with Crippen molar-refractivity contribution in [1.29, 1.82) is 0 Å². The molecule has 1 aromatic rings. The number of rotatable bonds is 4. The second-order valence-corrected chi connectivity index (χ2v) is 4.30. The Balaban J connectivity index is 3.20. The number of carbonyl (C=O) groups is 1. The van der Waals surface area contributed by atoms with Crippen molar-refractivity contribution in [3.8, 4) is 0 Å². The van der Waals surface area contributed by atoms with Gasteiger partial charge in [-0.25, -0.2) is 8.78 Å². The molecule has 24 heavy (non-hydrogen) atoms. The van der Waals surface area contributed by atoms with Gasteiger partial charge in [-0.05, 0) is 12.1 Å². The number of alkyl halides is 9. The second kappa shape index (κ2) is 5.77. The predicted octanol–water partition coefficient (Wildman–Crippen LogP) is 4.37. The van der Waals surface area contributed by atoms with Gasteiger partial charge in [0, 0.05) is 6.07 Å². The molecule has 0 bridgehead atoms. The lowest BCUT2D eigenvalue weighted by molar-refractivity contribution is -0.388. The molecule has 0 unspecified atom stereocenters. The third-order valence-corrected chi connectivity index (χ3v) is 2.61. The molecule has 0 atom stereocenters. The van der Waals surface area contributed by atoms with Gasteiger partial charge in [-0.15, -0.1) is 0 Å². The summed E-state index contributed by atoms with van der Waals surface area (Å²) in [6.07, 6.45) is -7.10. The van der Waals surface area contributed by atoms with Gasteiger partial charge in [-0.3, -0.25) is 4.79 Å². The van der Waals surface area contributed by atoms with Crippen LogP contribution in [0.3, 0.4) is 0 Å². The first-order valence-corrected chi connectivity index (χ1v) is 5.52. The van der Waals surface area contributed by atoms with Crippen molar-refractivity contribution in [3.63, 3.8) is 0 Å². The molecule has 0 aliphatic rings. The van der Waals surface area contributed by atoms with Gasteiger partial charge in [0.15, 0.2) is 0 Å². The lowest BCUT2D eigenvalue weighted by atomic mass is 10.0. The van der Waals surface area contributed by atoms with E-state index in [1.807, 2.05) is 0 Å². The second-order valence-electron chi connectivity index (χ2n) is 4.30. The molecule has 0 saturated heterocycles. The average Bonchev–Trinajstić information content (AvgIpc) is 2.40. The fourth-order valence-corrected chi connectivity index (χ4v) is 1.31. The SMILES string of the molecule is O=C(Nc1ccc(F)cc1F)C(F)(F)C(F)(F)C(F)(F)C(F)(F)F. The Kier molecular flexibility index (Phi) is 4.80. The fraction of sp³-hybridized carbons (Fsp3) is 0.364. The minimum atomic E-state index is -7.26. The summed E-state index contributed by atoms with van der Waals surface area (Å²) in [6.45, 7) is 0. The zero-order valence-corrected chi connectivity index (χ0v) is 10.8. The van der Waals surface area contributed by atoms with Crippen LogP contribution in [0.4, 0.5) is 54.0 Å². The highest BCUT2D eigenvalue weighted by Gasteiger charge is 2.83. The first-order valence-electron chi connectivity index (χ1n) is 5.52. The molecule has 0 heterocycles. The Labute approximate surface area is 125 Å². The van der Waals surface area contributed by atoms with Crippen LogP contribution in [0.1, 0.15) is 0 Å². The average molecular weight is 375 g/mol. The Morgan fingerprint density at radius 3 is 1.75 bits per heavy atom. The Morgan fingerprint density at radius 1 is 0.833 bits per heavy atom. The van der Waals surface area contributed by atoms with Crippen molar-refractivity contribution in [2.24, 2.45) is 0 Å². The maximum Gasteiger partial charge on any atom is 0.460 e. The van der Waals surface area contributed by atoms with Crippen molar-refractivity contribution < 1.29 is 53.1 Å². The quantitative estimate of drug-likeness (QED) is 0.779. The van der Waals surface area contributed by atoms with E-state index in [-0.39, 0.29) is 12.1 Å². The highest BCUT2D eigenvalue weighted by Crippen LogP contribution is 2.53. The molecule has 0 fully saturated rings. The van der Waals surface area contributed by atoms with Crippen LogP contribution in [0.5, 0.6) is 0 Å². The van der Waals surface area contributed by atoms with Gasteiger partial charge >= 0.3 is 29.9 Å². The van der Waals surface area contributed by atoms with Gasteiger partial charge in [0.2, 0.25) is 0 Å². The van der Waals surface area contributed by atoms with Gasteiger partial charge in [0.1, 0.15) is 11.6 Å². The topological polar surface area (TPSA) is 29.1 Å². The summed E-state index contributed by atoms with van der Waals surface area (Å²) in [7, 11) is 0. The molecule has 13 heteroatoms. The van der Waals surface area contributed by atoms with E-state index in [4.69, 9.17) is 0 Å². The molecule has 0 aliphatic carbocycles. The Hall–Kier alpha value is -2.08. The van der Waals surface area contributed by atoms with Crippen molar-refractivity contribution in [1.82, 2.24) is 0 Å². The Morgan fingerprint density at radius 2 is 1.33 bits per heavy atom. The highest BCUT2D eigenvalue weighted by molar-refractivity contribution is 5.97. The lowest BCUT2D eigenvalue weighted by Crippen LogP contribution is -2.64. The first kappa shape index (κ1) is 20.0. The molecule has 2 nitrogen and oxygen atoms in total. The van der Waals surface area contributed by atoms with Crippen LogP contribution in [-0.2, 0) is 4.79 Å². The maximum absolute atomic E-state index is 13.2. The molecule has 1 amide bonds. The van der Waals surface area contributed by atoms with Crippen LogP contribution in [0.2, 0.25) is 0 Å². The van der Waals surface area contributed by atoms with E-state index in [1.54, 1.807) is 0 Å². The number of halogens is 11. The largest absolute Gasteiger partial charge is 0.460 e. The zero-order chi connectivity index (χ0) is 19.1. The number of hydrogen-bond donors (Lipinski definition) is 1. The molecular formula is C11H4F11NO. The summed E-state index contributed by atoms with van der Waals surface area (Å²) >= 11 is 0. The van der Waals surface area contributed by atoms with E-state index in [0.29, 0.717) is 11.4 Å². The highest BCUT2D eigenvalue weighted by atomic mass is 19.4. The molecule has 0 saturated carbocycles. The number of amides is 1. The summed E-state index contributed by atoms with van der Waals surface area (Å²) in [5.41, 5.74) is -1.34. The first-order chi connectivity index (χ1) is 10.6. The van der Waals surface area contributed by atoms with Gasteiger partial charge in [-0.2, -0.15) is 39.5 Å². The molecular weight excluding hydrogens is 371 g/mol. The molecule has 0 aliphatic heterocycles. The van der Waals surface area contributed by atoms with Crippen molar-refractivity contribution in [3.05, 3.63) is 29.8 Å². The van der Waals surface area contributed by atoms with E-state index < -0.39 is 47.2 Å². The molecule has 1 aromatic carbocycles. The molecule has 0 spiro atoms. The van der Waals surface area contributed by atoms with Gasteiger partial charge in [0.05, 0.1) is 5.69 Å². The molecule has 0 aromatic heterocycles. The van der Waals surface area contributed by atoms with Crippen LogP contribution >= 0.6 is 0 Å². The summed E-state index contributed by atoms with van der Waals surface area (Å²) in [5, 5.41) is 0.696. The Bertz CT molecular complexity index is 637. The van der Waals surface area contributed by atoms with Crippen molar-refractivity contribution in [2.45, 2.75) is 23.9 Å². The minimum absolute atomic E-state index is 0.0101. The smallest absolute Gasteiger partial charge is 0.318 e. The van der Waals surface area contributed by atoms with E-state index >= 15 is 0 Å². The molecule has 0 radical (unpaired) electrons. The maximum atomic E-state index is 13.2. The standard InChI is InChI=1S/C11H4F11NO/c12-4-1-2-6(5(13)3-4)23-7(24)8(14,15)9(16,17)10(18,19)11(20,21)22/h1-3H,(H,23,24). The number of hydrogen-bond acceptors (Lipinski definition) is 1. The van der Waals surface area contributed by atoms with E-state index in [9.17, 15) is 53.1 Å². The molecule has 1 rings (SSSR count). The van der Waals surface area contributed by atoms with E-state index in [1.165, 1.54) is 0 Å².